The number of aliphatic hydroxyl groups excluding tert-OH is 2. The topological polar surface area (TPSA) is 130 Å². The van der Waals surface area contributed by atoms with Crippen molar-refractivity contribution in [2.75, 3.05) is 39.5 Å². The fraction of sp³-hybridized carbons (Fsp3) is 0.500. The number of hydrogen-bond acceptors (Lipinski definition) is 8. The zero-order chi connectivity index (χ0) is 35.5. The van der Waals surface area contributed by atoms with Gasteiger partial charge in [0.05, 0.1) is 44.1 Å². The number of amides is 2. The molecule has 10 nitrogen and oxygen atoms in total. The molecule has 0 saturated carbocycles. The SMILES string of the molecule is CC(C)(C)OC(=O)NC(Cc1ccccc1)C(O)CC(Cc1ccc(OCCCN2CCOCC2)cc1)C(=O)N[C@H]1c2ccccc2C[C@@H]1O. The van der Waals surface area contributed by atoms with Gasteiger partial charge in [0.1, 0.15) is 11.4 Å². The van der Waals surface area contributed by atoms with Gasteiger partial charge < -0.3 is 35.1 Å². The quantitative estimate of drug-likeness (QED) is 0.171. The summed E-state index contributed by atoms with van der Waals surface area (Å²) < 4.78 is 17.0. The van der Waals surface area contributed by atoms with Crippen molar-refractivity contribution in [3.8, 4) is 5.75 Å². The van der Waals surface area contributed by atoms with E-state index < -0.39 is 41.9 Å². The van der Waals surface area contributed by atoms with Gasteiger partial charge in [0.25, 0.3) is 0 Å². The molecule has 50 heavy (non-hydrogen) atoms. The molecule has 10 heteroatoms. The first kappa shape index (κ1) is 37.3. The van der Waals surface area contributed by atoms with Gasteiger partial charge in [-0.2, -0.15) is 0 Å². The second-order valence-electron chi connectivity index (χ2n) is 14.4. The summed E-state index contributed by atoms with van der Waals surface area (Å²) in [6.45, 7) is 10.4. The molecular weight excluding hydrogens is 634 g/mol. The van der Waals surface area contributed by atoms with Crippen LogP contribution in [0.1, 0.15) is 61.9 Å². The first-order chi connectivity index (χ1) is 24.0. The fourth-order valence-electron chi connectivity index (χ4n) is 6.68. The molecule has 2 amide bonds. The number of fused-ring (bicyclic) bond motifs is 1. The van der Waals surface area contributed by atoms with Crippen molar-refractivity contribution in [1.29, 1.82) is 0 Å². The third kappa shape index (κ3) is 11.3. The Labute approximate surface area is 296 Å². The summed E-state index contributed by atoms with van der Waals surface area (Å²) in [5, 5.41) is 28.6. The highest BCUT2D eigenvalue weighted by molar-refractivity contribution is 5.80. The van der Waals surface area contributed by atoms with Gasteiger partial charge in [-0.3, -0.25) is 9.69 Å². The van der Waals surface area contributed by atoms with Crippen molar-refractivity contribution >= 4 is 12.0 Å². The molecule has 1 aliphatic heterocycles. The van der Waals surface area contributed by atoms with Crippen molar-refractivity contribution in [3.05, 3.63) is 101 Å². The summed E-state index contributed by atoms with van der Waals surface area (Å²) in [5.74, 6) is -0.181. The van der Waals surface area contributed by atoms with Crippen LogP contribution in [0.5, 0.6) is 5.75 Å². The van der Waals surface area contributed by atoms with Crippen LogP contribution in [-0.2, 0) is 33.5 Å². The van der Waals surface area contributed by atoms with E-state index in [1.807, 2.05) is 78.9 Å². The van der Waals surface area contributed by atoms with Gasteiger partial charge in [-0.15, -0.1) is 0 Å². The van der Waals surface area contributed by atoms with E-state index in [-0.39, 0.29) is 12.3 Å². The minimum Gasteiger partial charge on any atom is -0.494 e. The third-order valence-corrected chi connectivity index (χ3v) is 9.26. The average Bonchev–Trinajstić information content (AvgIpc) is 3.41. The van der Waals surface area contributed by atoms with Crippen LogP contribution >= 0.6 is 0 Å². The van der Waals surface area contributed by atoms with Crippen molar-refractivity contribution in [3.63, 3.8) is 0 Å². The standard InChI is InChI=1S/C40H53N3O7/c1-40(2,3)50-39(47)41-34(25-28-10-5-4-6-11-28)35(44)27-31(38(46)42-37-33-13-8-7-12-30(33)26-36(37)45)24-29-14-16-32(17-15-29)49-21-9-18-43-19-22-48-23-20-43/h4-8,10-17,31,34-37,44-45H,9,18-27H2,1-3H3,(H,41,47)(H,42,46)/t31?,34?,35?,36-,37-/m0/s1. The minimum atomic E-state index is -1.08. The molecule has 0 spiro atoms. The lowest BCUT2D eigenvalue weighted by Gasteiger charge is -2.30. The fourth-order valence-corrected chi connectivity index (χ4v) is 6.68. The molecule has 3 aromatic carbocycles. The van der Waals surface area contributed by atoms with Crippen LogP contribution in [0, 0.1) is 5.92 Å². The Bertz CT molecular complexity index is 1510. The maximum atomic E-state index is 14.1. The summed E-state index contributed by atoms with van der Waals surface area (Å²) >= 11 is 0. The first-order valence-electron chi connectivity index (χ1n) is 17.8. The van der Waals surface area contributed by atoms with E-state index in [1.165, 1.54) is 0 Å². The van der Waals surface area contributed by atoms with E-state index in [9.17, 15) is 19.8 Å². The zero-order valence-electron chi connectivity index (χ0n) is 29.6. The van der Waals surface area contributed by atoms with Crippen molar-refractivity contribution < 1.29 is 34.0 Å². The normalized spacial score (nSPS) is 19.5. The molecule has 1 aliphatic carbocycles. The van der Waals surface area contributed by atoms with Crippen LogP contribution < -0.4 is 15.4 Å². The number of nitrogens with zero attached hydrogens (tertiary/aromatic N) is 1. The van der Waals surface area contributed by atoms with Gasteiger partial charge in [0.2, 0.25) is 5.91 Å². The summed E-state index contributed by atoms with van der Waals surface area (Å²) in [5.41, 5.74) is 3.03. The highest BCUT2D eigenvalue weighted by Crippen LogP contribution is 2.32. The molecule has 3 aromatic rings. The molecule has 270 valence electrons. The Morgan fingerprint density at radius 1 is 0.940 bits per heavy atom. The number of aliphatic hydroxyl groups is 2. The van der Waals surface area contributed by atoms with Crippen molar-refractivity contribution in [1.82, 2.24) is 15.5 Å². The molecular formula is C40H53N3O7. The molecule has 1 fully saturated rings. The highest BCUT2D eigenvalue weighted by atomic mass is 16.6. The number of morpholine rings is 1. The third-order valence-electron chi connectivity index (χ3n) is 9.26. The maximum Gasteiger partial charge on any atom is 0.407 e. The number of alkyl carbamates (subject to hydrolysis) is 1. The largest absolute Gasteiger partial charge is 0.494 e. The van der Waals surface area contributed by atoms with E-state index in [4.69, 9.17) is 14.2 Å². The molecule has 5 rings (SSSR count). The van der Waals surface area contributed by atoms with Gasteiger partial charge in [0.15, 0.2) is 0 Å². The van der Waals surface area contributed by atoms with E-state index in [0.29, 0.717) is 25.9 Å². The second kappa shape index (κ2) is 17.8. The predicted octanol–water partition coefficient (Wildman–Crippen LogP) is 4.61. The van der Waals surface area contributed by atoms with Gasteiger partial charge in [0, 0.05) is 32.0 Å². The average molecular weight is 688 g/mol. The Morgan fingerprint density at radius 3 is 2.34 bits per heavy atom. The molecule has 1 heterocycles. The Kier molecular flexibility index (Phi) is 13.3. The number of carbonyl (C=O) groups is 2. The summed E-state index contributed by atoms with van der Waals surface area (Å²) in [4.78, 5) is 29.3. The van der Waals surface area contributed by atoms with E-state index >= 15 is 0 Å². The van der Waals surface area contributed by atoms with Crippen LogP contribution in [0.4, 0.5) is 4.79 Å². The van der Waals surface area contributed by atoms with Gasteiger partial charge in [-0.25, -0.2) is 4.79 Å². The number of hydrogen-bond donors (Lipinski definition) is 4. The number of ether oxygens (including phenoxy) is 3. The van der Waals surface area contributed by atoms with Gasteiger partial charge in [-0.05, 0) is 80.8 Å². The predicted molar refractivity (Wildman–Crippen MR) is 192 cm³/mol. The minimum absolute atomic E-state index is 0.0728. The molecule has 0 radical (unpaired) electrons. The molecule has 1 saturated heterocycles. The van der Waals surface area contributed by atoms with Gasteiger partial charge in [-0.1, -0.05) is 66.7 Å². The maximum absolute atomic E-state index is 14.1. The van der Waals surface area contributed by atoms with Crippen LogP contribution in [0.2, 0.25) is 0 Å². The molecule has 0 bridgehead atoms. The van der Waals surface area contributed by atoms with Crippen LogP contribution in [0.3, 0.4) is 0 Å². The molecule has 4 N–H and O–H groups in total. The van der Waals surface area contributed by atoms with Gasteiger partial charge >= 0.3 is 6.09 Å². The summed E-state index contributed by atoms with van der Waals surface area (Å²) in [6, 6.07) is 23.8. The number of rotatable bonds is 15. The first-order valence-corrected chi connectivity index (χ1v) is 17.8. The lowest BCUT2D eigenvalue weighted by Crippen LogP contribution is -2.48. The summed E-state index contributed by atoms with van der Waals surface area (Å²) in [6.07, 6.45) is -0.319. The Balaban J connectivity index is 1.29. The Hall–Kier alpha value is -3.96. The lowest BCUT2D eigenvalue weighted by atomic mass is 9.88. The molecule has 0 aromatic heterocycles. The molecule has 2 aliphatic rings. The number of carbonyl (C=O) groups excluding carboxylic acids is 2. The highest BCUT2D eigenvalue weighted by Gasteiger charge is 2.35. The smallest absolute Gasteiger partial charge is 0.407 e. The number of nitrogens with one attached hydrogen (secondary N) is 2. The summed E-state index contributed by atoms with van der Waals surface area (Å²) in [7, 11) is 0. The lowest BCUT2D eigenvalue weighted by molar-refractivity contribution is -0.127. The van der Waals surface area contributed by atoms with Crippen LogP contribution in [0.15, 0.2) is 78.9 Å². The molecule has 3 unspecified atom stereocenters. The van der Waals surface area contributed by atoms with Crippen LogP contribution in [-0.4, -0.2) is 90.4 Å². The van der Waals surface area contributed by atoms with E-state index in [0.717, 1.165) is 67.3 Å². The number of benzene rings is 3. The van der Waals surface area contributed by atoms with E-state index in [1.54, 1.807) is 20.8 Å². The zero-order valence-corrected chi connectivity index (χ0v) is 29.6. The second-order valence-corrected chi connectivity index (χ2v) is 14.4. The monoisotopic (exact) mass is 687 g/mol. The van der Waals surface area contributed by atoms with Crippen molar-refractivity contribution in [2.45, 2.75) is 82.8 Å². The van der Waals surface area contributed by atoms with Crippen molar-refractivity contribution in [2.24, 2.45) is 5.92 Å². The van der Waals surface area contributed by atoms with E-state index in [2.05, 4.69) is 15.5 Å². The molecule has 5 atom stereocenters. The van der Waals surface area contributed by atoms with Crippen LogP contribution in [0.25, 0.3) is 0 Å². The Morgan fingerprint density at radius 2 is 1.62 bits per heavy atom.